The van der Waals surface area contributed by atoms with Gasteiger partial charge in [0.2, 0.25) is 0 Å². The van der Waals surface area contributed by atoms with Gasteiger partial charge in [-0.15, -0.1) is 0 Å². The molecule has 0 spiro atoms. The molecule has 1 amide bonds. The summed E-state index contributed by atoms with van der Waals surface area (Å²) in [5, 5.41) is 3.02. The van der Waals surface area contributed by atoms with Crippen molar-refractivity contribution < 1.29 is 14.3 Å². The smallest absolute Gasteiger partial charge is 0.260 e. The first-order valence-corrected chi connectivity index (χ1v) is 8.52. The molecule has 0 bridgehead atoms. The van der Waals surface area contributed by atoms with Crippen molar-refractivity contribution in [1.82, 2.24) is 10.3 Å². The topological polar surface area (TPSA) is 80.4 Å². The number of hydrogen-bond acceptors (Lipinski definition) is 4. The quantitative estimate of drug-likeness (QED) is 0.895. The van der Waals surface area contributed by atoms with Crippen LogP contribution in [-0.2, 0) is 0 Å². The number of ether oxygens (including phenoxy) is 2. The molecule has 0 radical (unpaired) electrons. The Labute approximate surface area is 145 Å². The third-order valence-electron chi connectivity index (χ3n) is 4.61. The molecule has 0 unspecified atom stereocenters. The number of aryl methyl sites for hydroxylation is 1. The van der Waals surface area contributed by atoms with Crippen LogP contribution in [-0.4, -0.2) is 24.1 Å². The van der Waals surface area contributed by atoms with E-state index in [1.165, 1.54) is 0 Å². The van der Waals surface area contributed by atoms with Crippen molar-refractivity contribution in [3.8, 4) is 11.5 Å². The van der Waals surface area contributed by atoms with E-state index in [9.17, 15) is 9.59 Å². The van der Waals surface area contributed by atoms with Crippen LogP contribution in [0.3, 0.4) is 0 Å². The fraction of sp³-hybridized carbons (Fsp3) is 0.368. The van der Waals surface area contributed by atoms with Crippen LogP contribution in [0.2, 0.25) is 0 Å². The van der Waals surface area contributed by atoms with E-state index in [1.807, 2.05) is 18.2 Å². The fourth-order valence-corrected chi connectivity index (χ4v) is 3.13. The minimum absolute atomic E-state index is 0.133. The summed E-state index contributed by atoms with van der Waals surface area (Å²) in [6, 6.07) is 8.92. The molecule has 6 heteroatoms. The third-order valence-corrected chi connectivity index (χ3v) is 4.61. The van der Waals surface area contributed by atoms with Gasteiger partial charge in [-0.05, 0) is 55.5 Å². The second-order valence-corrected chi connectivity index (χ2v) is 6.58. The van der Waals surface area contributed by atoms with E-state index >= 15 is 0 Å². The van der Waals surface area contributed by atoms with E-state index in [4.69, 9.17) is 9.47 Å². The van der Waals surface area contributed by atoms with Gasteiger partial charge in [0, 0.05) is 5.69 Å². The summed E-state index contributed by atoms with van der Waals surface area (Å²) in [4.78, 5) is 27.3. The van der Waals surface area contributed by atoms with Gasteiger partial charge in [-0.25, -0.2) is 0 Å². The lowest BCUT2D eigenvalue weighted by atomic mass is 10.0. The Hall–Kier alpha value is -2.76. The number of hydrogen-bond donors (Lipinski definition) is 2. The number of fused-ring (bicyclic) bond motifs is 1. The lowest BCUT2D eigenvalue weighted by Gasteiger charge is -2.23. The van der Waals surface area contributed by atoms with Crippen LogP contribution in [0.25, 0.3) is 0 Å². The SMILES string of the molecule is Cc1ccc(C(=O)N[C@H](c2ccc3c(c2)OCCO3)C2CC2)c(=O)[nH]1. The van der Waals surface area contributed by atoms with Gasteiger partial charge in [0.05, 0.1) is 6.04 Å². The molecule has 25 heavy (non-hydrogen) atoms. The van der Waals surface area contributed by atoms with Crippen molar-refractivity contribution in [2.45, 2.75) is 25.8 Å². The van der Waals surface area contributed by atoms with Gasteiger partial charge in [0.1, 0.15) is 18.8 Å². The summed E-state index contributed by atoms with van der Waals surface area (Å²) in [6.07, 6.45) is 2.12. The first-order chi connectivity index (χ1) is 12.1. The number of amides is 1. The molecule has 2 aliphatic rings. The van der Waals surface area contributed by atoms with Crippen molar-refractivity contribution in [3.63, 3.8) is 0 Å². The van der Waals surface area contributed by atoms with Crippen molar-refractivity contribution in [1.29, 1.82) is 0 Å². The number of aromatic nitrogens is 1. The molecule has 4 rings (SSSR count). The summed E-state index contributed by atoms with van der Waals surface area (Å²) < 4.78 is 11.2. The highest BCUT2D eigenvalue weighted by molar-refractivity contribution is 5.94. The molecule has 1 fully saturated rings. The first kappa shape index (κ1) is 15.7. The molecule has 0 saturated heterocycles. The number of aromatic amines is 1. The van der Waals surface area contributed by atoms with Crippen LogP contribution in [0.1, 0.15) is 40.5 Å². The van der Waals surface area contributed by atoms with E-state index in [1.54, 1.807) is 19.1 Å². The molecule has 1 aliphatic heterocycles. The van der Waals surface area contributed by atoms with E-state index in [0.717, 1.165) is 29.8 Å². The van der Waals surface area contributed by atoms with Crippen LogP contribution in [0.4, 0.5) is 0 Å². The minimum atomic E-state index is -0.366. The molecule has 130 valence electrons. The molecule has 2 N–H and O–H groups in total. The predicted molar refractivity (Wildman–Crippen MR) is 92.2 cm³/mol. The molecule has 1 aromatic heterocycles. The van der Waals surface area contributed by atoms with Crippen molar-refractivity contribution in [2.75, 3.05) is 13.2 Å². The Balaban J connectivity index is 1.60. The highest BCUT2D eigenvalue weighted by Gasteiger charge is 2.34. The number of H-pyrrole nitrogens is 1. The van der Waals surface area contributed by atoms with Gasteiger partial charge in [-0.2, -0.15) is 0 Å². The summed E-state index contributed by atoms with van der Waals surface area (Å²) in [6.45, 7) is 2.85. The Bertz CT molecular complexity index is 870. The normalized spacial score (nSPS) is 17.0. The Morgan fingerprint density at radius 1 is 1.16 bits per heavy atom. The zero-order valence-electron chi connectivity index (χ0n) is 14.0. The lowest BCUT2D eigenvalue weighted by molar-refractivity contribution is 0.0930. The third kappa shape index (κ3) is 3.24. The number of pyridine rings is 1. The van der Waals surface area contributed by atoms with Gasteiger partial charge in [-0.3, -0.25) is 9.59 Å². The maximum atomic E-state index is 12.6. The summed E-state index contributed by atoms with van der Waals surface area (Å²) in [5.74, 6) is 1.46. The minimum Gasteiger partial charge on any atom is -0.486 e. The highest BCUT2D eigenvalue weighted by Crippen LogP contribution is 2.43. The summed E-state index contributed by atoms with van der Waals surface area (Å²) >= 11 is 0. The fourth-order valence-electron chi connectivity index (χ4n) is 3.13. The lowest BCUT2D eigenvalue weighted by Crippen LogP contribution is -2.34. The van der Waals surface area contributed by atoms with Crippen molar-refractivity contribution >= 4 is 5.91 Å². The average molecular weight is 340 g/mol. The Morgan fingerprint density at radius 2 is 1.92 bits per heavy atom. The van der Waals surface area contributed by atoms with E-state index in [0.29, 0.717) is 24.9 Å². The van der Waals surface area contributed by atoms with Gasteiger partial charge in [0.15, 0.2) is 11.5 Å². The number of benzene rings is 1. The van der Waals surface area contributed by atoms with Crippen LogP contribution in [0.15, 0.2) is 35.1 Å². The molecule has 2 heterocycles. The van der Waals surface area contributed by atoms with Gasteiger partial charge in [0.25, 0.3) is 11.5 Å². The Morgan fingerprint density at radius 3 is 2.64 bits per heavy atom. The van der Waals surface area contributed by atoms with E-state index in [2.05, 4.69) is 10.3 Å². The highest BCUT2D eigenvalue weighted by atomic mass is 16.6. The second kappa shape index (κ2) is 6.27. The van der Waals surface area contributed by atoms with Crippen molar-refractivity contribution in [3.05, 3.63) is 57.5 Å². The summed E-state index contributed by atoms with van der Waals surface area (Å²) in [7, 11) is 0. The Kier molecular flexibility index (Phi) is 3.95. The maximum absolute atomic E-state index is 12.6. The molecule has 1 saturated carbocycles. The molecule has 1 atom stereocenters. The molecular weight excluding hydrogens is 320 g/mol. The van der Waals surface area contributed by atoms with Crippen LogP contribution < -0.4 is 20.3 Å². The number of nitrogens with one attached hydrogen (secondary N) is 2. The maximum Gasteiger partial charge on any atom is 0.260 e. The molecule has 1 aromatic carbocycles. The van der Waals surface area contributed by atoms with Gasteiger partial charge in [-0.1, -0.05) is 6.07 Å². The number of rotatable bonds is 4. The van der Waals surface area contributed by atoms with Crippen LogP contribution >= 0.6 is 0 Å². The van der Waals surface area contributed by atoms with Crippen molar-refractivity contribution in [2.24, 2.45) is 5.92 Å². The number of carbonyl (C=O) groups excluding carboxylic acids is 1. The largest absolute Gasteiger partial charge is 0.486 e. The van der Waals surface area contributed by atoms with Crippen LogP contribution in [0.5, 0.6) is 11.5 Å². The second-order valence-electron chi connectivity index (χ2n) is 6.58. The predicted octanol–water partition coefficient (Wildman–Crippen LogP) is 2.34. The molecule has 6 nitrogen and oxygen atoms in total. The average Bonchev–Trinajstić information content (AvgIpc) is 3.44. The standard InChI is InChI=1S/C19H20N2O4/c1-11-2-6-14(18(22)20-11)19(23)21-17(12-3-4-12)13-5-7-15-16(10-13)25-9-8-24-15/h2,5-7,10,12,17H,3-4,8-9H2,1H3,(H,20,22)(H,21,23)/t17-/m0/s1. The van der Waals surface area contributed by atoms with Crippen LogP contribution in [0, 0.1) is 12.8 Å². The summed E-state index contributed by atoms with van der Waals surface area (Å²) in [5.41, 5.74) is 1.47. The van der Waals surface area contributed by atoms with E-state index < -0.39 is 0 Å². The zero-order chi connectivity index (χ0) is 17.4. The van der Waals surface area contributed by atoms with Gasteiger partial charge >= 0.3 is 0 Å². The van der Waals surface area contributed by atoms with Gasteiger partial charge < -0.3 is 19.8 Å². The number of carbonyl (C=O) groups is 1. The zero-order valence-corrected chi connectivity index (χ0v) is 14.0. The molecule has 1 aliphatic carbocycles. The molecular formula is C19H20N2O4. The molecule has 2 aromatic rings. The first-order valence-electron chi connectivity index (χ1n) is 8.52. The van der Waals surface area contributed by atoms with E-state index in [-0.39, 0.29) is 23.1 Å². The monoisotopic (exact) mass is 340 g/mol.